The Morgan fingerprint density at radius 1 is 1.37 bits per heavy atom. The molecular formula is C20H23N3O2S2. The van der Waals surface area contributed by atoms with Crippen LogP contribution in [0.3, 0.4) is 0 Å². The molecule has 1 amide bonds. The van der Waals surface area contributed by atoms with Crippen LogP contribution in [0.1, 0.15) is 37.5 Å². The van der Waals surface area contributed by atoms with Crippen LogP contribution in [0.25, 0.3) is 10.1 Å². The topological polar surface area (TPSA) is 65.5 Å². The van der Waals surface area contributed by atoms with Gasteiger partial charge in [-0.1, -0.05) is 18.2 Å². The summed E-state index contributed by atoms with van der Waals surface area (Å²) >= 11 is 3.31. The first-order valence-corrected chi connectivity index (χ1v) is 10.8. The summed E-state index contributed by atoms with van der Waals surface area (Å²) in [6, 6.07) is 8.27. The number of nitrogens with one attached hydrogen (secondary N) is 1. The number of aliphatic hydroxyl groups is 1. The van der Waals surface area contributed by atoms with Gasteiger partial charge in [0.15, 0.2) is 0 Å². The van der Waals surface area contributed by atoms with E-state index in [-0.39, 0.29) is 19.1 Å². The van der Waals surface area contributed by atoms with Crippen LogP contribution in [-0.4, -0.2) is 47.1 Å². The molecule has 4 rings (SSSR count). The second kappa shape index (κ2) is 8.06. The van der Waals surface area contributed by atoms with Gasteiger partial charge in [-0.25, -0.2) is 4.98 Å². The minimum absolute atomic E-state index is 0.0442. The molecule has 3 heterocycles. The first kappa shape index (κ1) is 18.6. The molecule has 2 N–H and O–H groups in total. The van der Waals surface area contributed by atoms with Gasteiger partial charge in [0.05, 0.1) is 16.5 Å². The third-order valence-electron chi connectivity index (χ3n) is 4.97. The number of aromatic nitrogens is 1. The molecule has 7 heteroatoms. The van der Waals surface area contributed by atoms with Gasteiger partial charge in [0.1, 0.15) is 0 Å². The molecule has 1 aromatic carbocycles. The fraction of sp³-hybridized carbons (Fsp3) is 0.400. The zero-order valence-corrected chi connectivity index (χ0v) is 16.9. The molecule has 0 radical (unpaired) electrons. The van der Waals surface area contributed by atoms with Gasteiger partial charge in [-0.3, -0.25) is 9.69 Å². The highest BCUT2D eigenvalue weighted by molar-refractivity contribution is 7.21. The number of carbonyl (C=O) groups excluding carboxylic acids is 1. The second-order valence-electron chi connectivity index (χ2n) is 6.89. The highest BCUT2D eigenvalue weighted by Crippen LogP contribution is 2.40. The Kier molecular flexibility index (Phi) is 5.54. The molecule has 1 aliphatic rings. The Morgan fingerprint density at radius 2 is 2.22 bits per heavy atom. The molecule has 1 aliphatic heterocycles. The number of thiazole rings is 1. The molecular weight excluding hydrogens is 378 g/mol. The minimum atomic E-state index is -0.0724. The van der Waals surface area contributed by atoms with Gasteiger partial charge in [-0.2, -0.15) is 0 Å². The van der Waals surface area contributed by atoms with Crippen molar-refractivity contribution in [3.05, 3.63) is 50.8 Å². The average molecular weight is 402 g/mol. The summed E-state index contributed by atoms with van der Waals surface area (Å²) in [4.78, 5) is 21.6. The zero-order valence-electron chi connectivity index (χ0n) is 15.3. The molecule has 0 saturated carbocycles. The summed E-state index contributed by atoms with van der Waals surface area (Å²) < 4.78 is 1.15. The number of fused-ring (bicyclic) bond motifs is 1. The monoisotopic (exact) mass is 401 g/mol. The summed E-state index contributed by atoms with van der Waals surface area (Å²) in [5.74, 6) is 0.279. The van der Waals surface area contributed by atoms with Crippen molar-refractivity contribution < 1.29 is 9.90 Å². The lowest BCUT2D eigenvalue weighted by atomic mass is 9.95. The van der Waals surface area contributed by atoms with E-state index in [1.807, 2.05) is 25.3 Å². The number of hydrogen-bond acceptors (Lipinski definition) is 6. The van der Waals surface area contributed by atoms with Gasteiger partial charge in [0, 0.05) is 41.3 Å². The number of benzene rings is 1. The predicted octanol–water partition coefficient (Wildman–Crippen LogP) is 3.38. The Balaban J connectivity index is 1.59. The molecule has 1 saturated heterocycles. The van der Waals surface area contributed by atoms with Gasteiger partial charge in [0.2, 0.25) is 0 Å². The molecule has 3 aromatic rings. The normalized spacial score (nSPS) is 17.6. The van der Waals surface area contributed by atoms with Crippen LogP contribution in [0.2, 0.25) is 0 Å². The number of aryl methyl sites for hydroxylation is 1. The van der Waals surface area contributed by atoms with Gasteiger partial charge >= 0.3 is 0 Å². The van der Waals surface area contributed by atoms with Gasteiger partial charge in [-0.15, -0.1) is 22.7 Å². The molecule has 27 heavy (non-hydrogen) atoms. The first-order chi connectivity index (χ1) is 13.2. The lowest BCUT2D eigenvalue weighted by Gasteiger charge is -2.16. The fourth-order valence-corrected chi connectivity index (χ4v) is 5.84. The third kappa shape index (κ3) is 3.91. The van der Waals surface area contributed by atoms with Crippen LogP contribution in [0.15, 0.2) is 30.5 Å². The van der Waals surface area contributed by atoms with E-state index in [0.717, 1.165) is 40.6 Å². The van der Waals surface area contributed by atoms with E-state index in [2.05, 4.69) is 27.3 Å². The lowest BCUT2D eigenvalue weighted by molar-refractivity contribution is 0.0947. The molecule has 142 valence electrons. The quantitative estimate of drug-likeness (QED) is 0.665. The molecule has 5 nitrogen and oxygen atoms in total. The minimum Gasteiger partial charge on any atom is -0.395 e. The maximum atomic E-state index is 12.7. The van der Waals surface area contributed by atoms with Crippen molar-refractivity contribution >= 4 is 38.7 Å². The standard InChI is InChI=1S/C20H23N3O2S2/c1-13-22-10-15(26-13)12-23-8-6-14(11-23)18-16-4-2-3-5-17(16)27-19(18)20(25)21-7-9-24/h2-5,10,14,24H,6-9,11-12H2,1H3,(H,21,25)/t14-/m1/s1. The number of aliphatic hydroxyl groups excluding tert-OH is 1. The number of nitrogens with zero attached hydrogens (tertiary/aromatic N) is 2. The summed E-state index contributed by atoms with van der Waals surface area (Å²) in [7, 11) is 0. The molecule has 0 aliphatic carbocycles. The van der Waals surface area contributed by atoms with Crippen LogP contribution < -0.4 is 5.32 Å². The molecule has 1 fully saturated rings. The summed E-state index contributed by atoms with van der Waals surface area (Å²) in [6.45, 7) is 5.19. The largest absolute Gasteiger partial charge is 0.395 e. The van der Waals surface area contributed by atoms with Crippen molar-refractivity contribution in [1.29, 1.82) is 0 Å². The van der Waals surface area contributed by atoms with Crippen LogP contribution >= 0.6 is 22.7 Å². The average Bonchev–Trinajstić information content (AvgIpc) is 3.38. The Bertz CT molecular complexity index is 950. The van der Waals surface area contributed by atoms with Gasteiger partial charge in [0.25, 0.3) is 5.91 Å². The van der Waals surface area contributed by atoms with Crippen LogP contribution in [-0.2, 0) is 6.54 Å². The van der Waals surface area contributed by atoms with Crippen molar-refractivity contribution in [1.82, 2.24) is 15.2 Å². The maximum Gasteiger partial charge on any atom is 0.261 e. The van der Waals surface area contributed by atoms with E-state index in [4.69, 9.17) is 5.11 Å². The van der Waals surface area contributed by atoms with Gasteiger partial charge in [-0.05, 0) is 36.9 Å². The van der Waals surface area contributed by atoms with E-state index in [1.54, 1.807) is 22.7 Å². The number of likely N-dealkylation sites (tertiary alicyclic amines) is 1. The molecule has 2 aromatic heterocycles. The van der Waals surface area contributed by atoms with Crippen molar-refractivity contribution in [3.63, 3.8) is 0 Å². The van der Waals surface area contributed by atoms with Crippen LogP contribution in [0.5, 0.6) is 0 Å². The lowest BCUT2D eigenvalue weighted by Crippen LogP contribution is -2.27. The molecule has 0 unspecified atom stereocenters. The predicted molar refractivity (Wildman–Crippen MR) is 111 cm³/mol. The van der Waals surface area contributed by atoms with E-state index >= 15 is 0 Å². The Morgan fingerprint density at radius 3 is 3.00 bits per heavy atom. The van der Waals surface area contributed by atoms with Crippen molar-refractivity contribution in [2.24, 2.45) is 0 Å². The highest BCUT2D eigenvalue weighted by Gasteiger charge is 2.30. The number of hydrogen-bond donors (Lipinski definition) is 2. The van der Waals surface area contributed by atoms with Gasteiger partial charge < -0.3 is 10.4 Å². The Hall–Kier alpha value is -1.80. The maximum absolute atomic E-state index is 12.7. The number of amides is 1. The first-order valence-electron chi connectivity index (χ1n) is 9.20. The van der Waals surface area contributed by atoms with E-state index < -0.39 is 0 Å². The smallest absolute Gasteiger partial charge is 0.261 e. The third-order valence-corrected chi connectivity index (χ3v) is 7.05. The highest BCUT2D eigenvalue weighted by atomic mass is 32.1. The van der Waals surface area contributed by atoms with Crippen LogP contribution in [0.4, 0.5) is 0 Å². The number of rotatable bonds is 6. The van der Waals surface area contributed by atoms with E-state index in [9.17, 15) is 4.79 Å². The molecule has 0 bridgehead atoms. The van der Waals surface area contributed by atoms with E-state index in [1.165, 1.54) is 15.8 Å². The fourth-order valence-electron chi connectivity index (χ4n) is 3.80. The summed E-state index contributed by atoms with van der Waals surface area (Å²) in [5.41, 5.74) is 1.18. The molecule has 1 atom stereocenters. The zero-order chi connectivity index (χ0) is 18.8. The van der Waals surface area contributed by atoms with Crippen LogP contribution in [0, 0.1) is 6.92 Å². The van der Waals surface area contributed by atoms with Crippen molar-refractivity contribution in [3.8, 4) is 0 Å². The number of thiophene rings is 1. The number of carbonyl (C=O) groups is 1. The Labute approximate surface area is 166 Å². The van der Waals surface area contributed by atoms with Crippen molar-refractivity contribution in [2.45, 2.75) is 25.8 Å². The second-order valence-corrected chi connectivity index (χ2v) is 9.26. The van der Waals surface area contributed by atoms with Crippen molar-refractivity contribution in [2.75, 3.05) is 26.2 Å². The SMILES string of the molecule is Cc1ncc(CN2CC[C@@H](c3c(C(=O)NCCO)sc4ccccc34)C2)s1. The van der Waals surface area contributed by atoms with E-state index in [0.29, 0.717) is 5.92 Å². The summed E-state index contributed by atoms with van der Waals surface area (Å²) in [6.07, 6.45) is 3.03. The summed E-state index contributed by atoms with van der Waals surface area (Å²) in [5, 5.41) is 14.2. The molecule has 0 spiro atoms.